The third-order valence-electron chi connectivity index (χ3n) is 5.54. The maximum absolute atomic E-state index is 13.4. The summed E-state index contributed by atoms with van der Waals surface area (Å²) in [5, 5.41) is 5.12. The van der Waals surface area contributed by atoms with Gasteiger partial charge in [0.15, 0.2) is 5.76 Å². The van der Waals surface area contributed by atoms with Crippen LogP contribution in [0.1, 0.15) is 58.3 Å². The van der Waals surface area contributed by atoms with Gasteiger partial charge in [0, 0.05) is 17.5 Å². The number of hydrogen-bond acceptors (Lipinski definition) is 4. The Bertz CT molecular complexity index is 959. The van der Waals surface area contributed by atoms with Crippen molar-refractivity contribution in [1.29, 1.82) is 0 Å². The zero-order chi connectivity index (χ0) is 20.9. The molecule has 0 aliphatic heterocycles. The van der Waals surface area contributed by atoms with Crippen molar-refractivity contribution in [3.8, 4) is 0 Å². The van der Waals surface area contributed by atoms with E-state index in [0.717, 1.165) is 41.7 Å². The van der Waals surface area contributed by atoms with Gasteiger partial charge in [-0.1, -0.05) is 48.7 Å². The van der Waals surface area contributed by atoms with Gasteiger partial charge in [-0.15, -0.1) is 11.3 Å². The molecule has 1 aliphatic rings. The van der Waals surface area contributed by atoms with E-state index in [1.165, 1.54) is 17.6 Å². The Morgan fingerprint density at radius 3 is 2.53 bits per heavy atom. The van der Waals surface area contributed by atoms with Crippen molar-refractivity contribution in [2.75, 3.05) is 0 Å². The number of thiophene rings is 1. The lowest BCUT2D eigenvalue weighted by Crippen LogP contribution is -2.45. The van der Waals surface area contributed by atoms with Crippen LogP contribution in [0.25, 0.3) is 0 Å². The molecule has 0 spiro atoms. The first kappa shape index (κ1) is 20.4. The minimum atomic E-state index is -0.704. The van der Waals surface area contributed by atoms with Crippen LogP contribution in [-0.4, -0.2) is 22.8 Å². The predicted molar refractivity (Wildman–Crippen MR) is 117 cm³/mol. The standard InChI is InChI=1S/C24H26N2O3S/c1-17-10-12-18(13-11-17)16-26(24(28)20-8-4-14-29-20)22(21-9-5-15-30-21)23(27)25-19-6-2-3-7-19/h4-5,8-15,19,22H,2-3,6-7,16H2,1H3,(H,25,27)/t22-/m1/s1. The number of nitrogens with one attached hydrogen (secondary N) is 1. The third kappa shape index (κ3) is 4.65. The van der Waals surface area contributed by atoms with Crippen LogP contribution < -0.4 is 5.32 Å². The molecule has 1 fully saturated rings. The van der Waals surface area contributed by atoms with Crippen molar-refractivity contribution in [1.82, 2.24) is 10.2 Å². The van der Waals surface area contributed by atoms with Crippen molar-refractivity contribution >= 4 is 23.2 Å². The molecule has 4 rings (SSSR count). The van der Waals surface area contributed by atoms with E-state index in [1.54, 1.807) is 17.0 Å². The number of aryl methyl sites for hydroxylation is 1. The van der Waals surface area contributed by atoms with Gasteiger partial charge in [-0.05, 0) is 48.9 Å². The molecule has 30 heavy (non-hydrogen) atoms. The van der Waals surface area contributed by atoms with Gasteiger partial charge in [0.1, 0.15) is 6.04 Å². The fourth-order valence-electron chi connectivity index (χ4n) is 3.93. The average Bonchev–Trinajstić information content (AvgIpc) is 3.52. The van der Waals surface area contributed by atoms with Gasteiger partial charge in [0.25, 0.3) is 5.91 Å². The molecule has 0 radical (unpaired) electrons. The summed E-state index contributed by atoms with van der Waals surface area (Å²) in [5.74, 6) is -0.186. The van der Waals surface area contributed by atoms with Crippen LogP contribution in [0.15, 0.2) is 64.6 Å². The minimum Gasteiger partial charge on any atom is -0.459 e. The molecule has 2 amide bonds. The van der Waals surface area contributed by atoms with Gasteiger partial charge in [0.2, 0.25) is 5.91 Å². The second kappa shape index (κ2) is 9.30. The Morgan fingerprint density at radius 1 is 1.13 bits per heavy atom. The highest BCUT2D eigenvalue weighted by Gasteiger charge is 2.35. The molecule has 3 aromatic rings. The topological polar surface area (TPSA) is 62.6 Å². The zero-order valence-corrected chi connectivity index (χ0v) is 17.9. The SMILES string of the molecule is Cc1ccc(CN(C(=O)c2ccco2)[C@@H](C(=O)NC2CCCC2)c2cccs2)cc1. The van der Waals surface area contributed by atoms with Crippen LogP contribution in [-0.2, 0) is 11.3 Å². The molecular formula is C24H26N2O3S. The normalized spacial score (nSPS) is 15.1. The Kier molecular flexibility index (Phi) is 6.33. The van der Waals surface area contributed by atoms with E-state index >= 15 is 0 Å². The summed E-state index contributed by atoms with van der Waals surface area (Å²) in [6.45, 7) is 2.35. The van der Waals surface area contributed by atoms with Crippen molar-refractivity contribution in [2.24, 2.45) is 0 Å². The van der Waals surface area contributed by atoms with Gasteiger partial charge >= 0.3 is 0 Å². The monoisotopic (exact) mass is 422 g/mol. The summed E-state index contributed by atoms with van der Waals surface area (Å²) in [7, 11) is 0. The fraction of sp³-hybridized carbons (Fsp3) is 0.333. The predicted octanol–water partition coefficient (Wildman–Crippen LogP) is 5.09. The van der Waals surface area contributed by atoms with E-state index in [1.807, 2.05) is 48.7 Å². The Labute approximate surface area is 180 Å². The zero-order valence-electron chi connectivity index (χ0n) is 17.0. The quantitative estimate of drug-likeness (QED) is 0.577. The van der Waals surface area contributed by atoms with E-state index in [4.69, 9.17) is 4.42 Å². The molecule has 0 saturated heterocycles. The maximum Gasteiger partial charge on any atom is 0.290 e. The summed E-state index contributed by atoms with van der Waals surface area (Å²) in [4.78, 5) is 29.3. The van der Waals surface area contributed by atoms with E-state index in [2.05, 4.69) is 5.32 Å². The van der Waals surface area contributed by atoms with Crippen molar-refractivity contribution in [2.45, 2.75) is 51.2 Å². The number of carbonyl (C=O) groups excluding carboxylic acids is 2. The van der Waals surface area contributed by atoms with Crippen LogP contribution in [0.2, 0.25) is 0 Å². The highest BCUT2D eigenvalue weighted by Crippen LogP contribution is 2.30. The van der Waals surface area contributed by atoms with E-state index < -0.39 is 6.04 Å². The molecule has 156 valence electrons. The van der Waals surface area contributed by atoms with Crippen LogP contribution in [0.5, 0.6) is 0 Å². The van der Waals surface area contributed by atoms with E-state index in [0.29, 0.717) is 6.54 Å². The number of benzene rings is 1. The molecule has 6 heteroatoms. The number of carbonyl (C=O) groups is 2. The van der Waals surface area contributed by atoms with Crippen LogP contribution in [0.3, 0.4) is 0 Å². The van der Waals surface area contributed by atoms with E-state index in [9.17, 15) is 9.59 Å². The molecule has 1 saturated carbocycles. The molecule has 1 aromatic carbocycles. The first-order chi connectivity index (χ1) is 14.6. The van der Waals surface area contributed by atoms with Gasteiger partial charge in [-0.2, -0.15) is 0 Å². The minimum absolute atomic E-state index is 0.128. The lowest BCUT2D eigenvalue weighted by Gasteiger charge is -2.31. The third-order valence-corrected chi connectivity index (χ3v) is 6.47. The van der Waals surface area contributed by atoms with Crippen molar-refractivity contribution < 1.29 is 14.0 Å². The smallest absolute Gasteiger partial charge is 0.290 e. The largest absolute Gasteiger partial charge is 0.459 e. The molecule has 2 aromatic heterocycles. The second-order valence-corrected chi connectivity index (χ2v) is 8.78. The molecule has 1 N–H and O–H groups in total. The Balaban J connectivity index is 1.68. The first-order valence-electron chi connectivity index (χ1n) is 10.4. The number of furan rings is 1. The summed E-state index contributed by atoms with van der Waals surface area (Å²) < 4.78 is 5.39. The second-order valence-electron chi connectivity index (χ2n) is 7.80. The molecule has 1 atom stereocenters. The van der Waals surface area contributed by atoms with Crippen LogP contribution >= 0.6 is 11.3 Å². The Morgan fingerprint density at radius 2 is 1.90 bits per heavy atom. The summed E-state index contributed by atoms with van der Waals surface area (Å²) in [6.07, 6.45) is 5.73. The molecule has 0 unspecified atom stereocenters. The first-order valence-corrected chi connectivity index (χ1v) is 11.2. The number of hydrogen-bond donors (Lipinski definition) is 1. The average molecular weight is 423 g/mol. The lowest BCUT2D eigenvalue weighted by molar-refractivity contribution is -0.126. The van der Waals surface area contributed by atoms with Crippen LogP contribution in [0, 0.1) is 6.92 Å². The summed E-state index contributed by atoms with van der Waals surface area (Å²) in [6, 6.07) is 14.7. The highest BCUT2D eigenvalue weighted by molar-refractivity contribution is 7.10. The number of nitrogens with zero attached hydrogens (tertiary/aromatic N) is 1. The van der Waals surface area contributed by atoms with Gasteiger partial charge in [0.05, 0.1) is 6.26 Å². The van der Waals surface area contributed by atoms with Gasteiger partial charge in [-0.3, -0.25) is 9.59 Å². The highest BCUT2D eigenvalue weighted by atomic mass is 32.1. The molecule has 2 heterocycles. The molecular weight excluding hydrogens is 396 g/mol. The molecule has 0 bridgehead atoms. The van der Waals surface area contributed by atoms with Gasteiger partial charge in [-0.25, -0.2) is 0 Å². The lowest BCUT2D eigenvalue weighted by atomic mass is 10.1. The van der Waals surface area contributed by atoms with Crippen molar-refractivity contribution in [3.05, 3.63) is 81.9 Å². The van der Waals surface area contributed by atoms with E-state index in [-0.39, 0.29) is 23.6 Å². The Hall–Kier alpha value is -2.86. The summed E-state index contributed by atoms with van der Waals surface area (Å²) in [5.41, 5.74) is 2.12. The maximum atomic E-state index is 13.4. The van der Waals surface area contributed by atoms with Gasteiger partial charge < -0.3 is 14.6 Å². The number of rotatable bonds is 7. The van der Waals surface area contributed by atoms with Crippen LogP contribution in [0.4, 0.5) is 0 Å². The fourth-order valence-corrected chi connectivity index (χ4v) is 4.77. The van der Waals surface area contributed by atoms with Crippen molar-refractivity contribution in [3.63, 3.8) is 0 Å². The molecule has 5 nitrogen and oxygen atoms in total. The molecule has 1 aliphatic carbocycles. The summed E-state index contributed by atoms with van der Waals surface area (Å²) >= 11 is 1.49. The number of amides is 2.